The Morgan fingerprint density at radius 1 is 0.816 bits per heavy atom. The molecule has 0 aliphatic heterocycles. The third kappa shape index (κ3) is 4.78. The average molecular weight is 512 g/mol. The second kappa shape index (κ2) is 9.51. The van der Waals surface area contributed by atoms with Crippen molar-refractivity contribution in [1.82, 2.24) is 4.98 Å². The van der Waals surface area contributed by atoms with Crippen molar-refractivity contribution < 1.29 is 33.9 Å². The molecule has 0 saturated heterocycles. The van der Waals surface area contributed by atoms with Crippen LogP contribution in [0, 0.1) is 6.92 Å². The monoisotopic (exact) mass is 511 g/mol. The number of fused-ring (bicyclic) bond motifs is 2. The SMILES string of the molecule is Cc1ccc(-c2[nH+]c3cc(N)c(O)cc3o2)cc1.Nc1cc2nc(-c3ccc(C(=O)O)cc3)oc2cc1O. The number of carboxylic acid groups (broad SMARTS) is 1. The fourth-order valence-corrected chi connectivity index (χ4v) is 3.72. The molecule has 190 valence electrons. The van der Waals surface area contributed by atoms with Gasteiger partial charge in [0.2, 0.25) is 11.5 Å². The Labute approximate surface area is 215 Å². The van der Waals surface area contributed by atoms with Crippen molar-refractivity contribution in [1.29, 1.82) is 0 Å². The van der Waals surface area contributed by atoms with Crippen LogP contribution in [-0.2, 0) is 0 Å². The van der Waals surface area contributed by atoms with Crippen molar-refractivity contribution in [2.45, 2.75) is 6.92 Å². The number of oxazole rings is 2. The lowest BCUT2D eigenvalue weighted by atomic mass is 10.1. The Balaban J connectivity index is 0.000000156. The van der Waals surface area contributed by atoms with Crippen LogP contribution in [0.3, 0.4) is 0 Å². The number of nitrogens with one attached hydrogen (secondary N) is 1. The average Bonchev–Trinajstić information content (AvgIpc) is 3.49. The molecule has 8 N–H and O–H groups in total. The molecule has 0 atom stereocenters. The van der Waals surface area contributed by atoms with Crippen molar-refractivity contribution >= 4 is 39.5 Å². The first kappa shape index (κ1) is 24.2. The molecule has 38 heavy (non-hydrogen) atoms. The quantitative estimate of drug-likeness (QED) is 0.161. The number of phenols is 2. The number of carboxylic acids is 1. The number of nitrogen functional groups attached to an aromatic ring is 2. The number of H-pyrrole nitrogens is 1. The first-order valence-electron chi connectivity index (χ1n) is 11.4. The zero-order valence-electron chi connectivity index (χ0n) is 20.1. The first-order valence-corrected chi connectivity index (χ1v) is 11.4. The fourth-order valence-electron chi connectivity index (χ4n) is 3.72. The van der Waals surface area contributed by atoms with Crippen LogP contribution in [0.2, 0.25) is 0 Å². The van der Waals surface area contributed by atoms with Gasteiger partial charge in [-0.2, -0.15) is 4.98 Å². The second-order valence-corrected chi connectivity index (χ2v) is 8.61. The number of nitrogens with zero attached hydrogens (tertiary/aromatic N) is 1. The van der Waals surface area contributed by atoms with E-state index < -0.39 is 5.97 Å². The van der Waals surface area contributed by atoms with Crippen LogP contribution < -0.4 is 16.5 Å². The summed E-state index contributed by atoms with van der Waals surface area (Å²) in [6, 6.07) is 20.2. The van der Waals surface area contributed by atoms with Gasteiger partial charge in [0.15, 0.2) is 5.58 Å². The topological polar surface area (TPSA) is 183 Å². The number of nitrogens with two attached hydrogens (primary N) is 2. The second-order valence-electron chi connectivity index (χ2n) is 8.61. The van der Waals surface area contributed by atoms with E-state index in [-0.39, 0.29) is 22.7 Å². The Morgan fingerprint density at radius 2 is 1.42 bits per heavy atom. The lowest BCUT2D eigenvalue weighted by molar-refractivity contribution is -0.338. The number of aromatic amines is 1. The Bertz CT molecular complexity index is 1710. The van der Waals surface area contributed by atoms with E-state index in [9.17, 15) is 15.0 Å². The van der Waals surface area contributed by atoms with E-state index in [0.717, 1.165) is 11.1 Å². The van der Waals surface area contributed by atoms with E-state index in [4.69, 9.17) is 25.4 Å². The summed E-state index contributed by atoms with van der Waals surface area (Å²) < 4.78 is 11.2. The largest absolute Gasteiger partial charge is 0.506 e. The molecule has 0 saturated carbocycles. The Morgan fingerprint density at radius 3 is 2.08 bits per heavy atom. The van der Waals surface area contributed by atoms with Crippen LogP contribution in [0.4, 0.5) is 11.4 Å². The Kier molecular flexibility index (Phi) is 6.05. The van der Waals surface area contributed by atoms with E-state index in [0.29, 0.717) is 39.7 Å². The van der Waals surface area contributed by atoms with E-state index in [2.05, 4.69) is 9.97 Å². The Hall–Kier alpha value is -5.51. The van der Waals surface area contributed by atoms with Crippen molar-refractivity contribution in [3.05, 3.63) is 83.9 Å². The van der Waals surface area contributed by atoms with Gasteiger partial charge in [-0.25, -0.2) is 9.78 Å². The molecular formula is C28H23N4O6+. The number of benzene rings is 4. The van der Waals surface area contributed by atoms with E-state index in [1.807, 2.05) is 31.2 Å². The van der Waals surface area contributed by atoms with Crippen LogP contribution in [0.5, 0.6) is 11.5 Å². The first-order chi connectivity index (χ1) is 18.2. The molecule has 0 unspecified atom stereocenters. The highest BCUT2D eigenvalue weighted by atomic mass is 16.4. The van der Waals surface area contributed by atoms with Crippen molar-refractivity contribution in [3.8, 4) is 34.4 Å². The van der Waals surface area contributed by atoms with Gasteiger partial charge in [-0.05, 0) is 49.4 Å². The third-order valence-corrected chi connectivity index (χ3v) is 5.82. The summed E-state index contributed by atoms with van der Waals surface area (Å²) in [6.45, 7) is 2.03. The van der Waals surface area contributed by atoms with Crippen LogP contribution in [0.25, 0.3) is 45.1 Å². The molecule has 0 amide bonds. The predicted octanol–water partition coefficient (Wildman–Crippen LogP) is 4.99. The highest BCUT2D eigenvalue weighted by Crippen LogP contribution is 2.31. The maximum Gasteiger partial charge on any atom is 0.379 e. The summed E-state index contributed by atoms with van der Waals surface area (Å²) >= 11 is 0. The van der Waals surface area contributed by atoms with Crippen LogP contribution >= 0.6 is 0 Å². The van der Waals surface area contributed by atoms with Gasteiger partial charge in [-0.3, -0.25) is 0 Å². The number of anilines is 2. The van der Waals surface area contributed by atoms with E-state index >= 15 is 0 Å². The maximum absolute atomic E-state index is 10.8. The molecule has 2 aromatic heterocycles. The van der Waals surface area contributed by atoms with Gasteiger partial charge >= 0.3 is 11.9 Å². The summed E-state index contributed by atoms with van der Waals surface area (Å²) in [5, 5.41) is 27.9. The number of aromatic carboxylic acids is 1. The van der Waals surface area contributed by atoms with Gasteiger partial charge in [0.25, 0.3) is 5.52 Å². The summed E-state index contributed by atoms with van der Waals surface area (Å²) in [5.74, 6) is -0.0501. The van der Waals surface area contributed by atoms with Crippen LogP contribution in [0.15, 0.2) is 81.6 Å². The third-order valence-electron chi connectivity index (χ3n) is 5.82. The van der Waals surface area contributed by atoms with Gasteiger partial charge in [-0.1, -0.05) is 17.7 Å². The molecule has 2 heterocycles. The van der Waals surface area contributed by atoms with Gasteiger partial charge < -0.3 is 35.6 Å². The van der Waals surface area contributed by atoms with Crippen LogP contribution in [0.1, 0.15) is 15.9 Å². The molecule has 10 nitrogen and oxygen atoms in total. The molecule has 6 rings (SSSR count). The number of hydrogen-bond acceptors (Lipinski definition) is 8. The number of aryl methyl sites for hydroxylation is 1. The maximum atomic E-state index is 10.8. The fraction of sp³-hybridized carbons (Fsp3) is 0.0357. The molecule has 4 aromatic carbocycles. The lowest BCUT2D eigenvalue weighted by Gasteiger charge is -1.96. The van der Waals surface area contributed by atoms with Gasteiger partial charge in [0, 0.05) is 23.8 Å². The predicted molar refractivity (Wildman–Crippen MR) is 142 cm³/mol. The van der Waals surface area contributed by atoms with Gasteiger partial charge in [-0.15, -0.1) is 0 Å². The van der Waals surface area contributed by atoms with Crippen molar-refractivity contribution in [2.75, 3.05) is 11.5 Å². The molecule has 0 aliphatic rings. The smallest absolute Gasteiger partial charge is 0.379 e. The molecule has 0 spiro atoms. The number of rotatable bonds is 3. The number of phenolic OH excluding ortho intramolecular Hbond substituents is 2. The number of aromatic hydroxyl groups is 2. The summed E-state index contributed by atoms with van der Waals surface area (Å²) in [4.78, 5) is 18.2. The highest BCUT2D eigenvalue weighted by Gasteiger charge is 2.17. The molecule has 0 bridgehead atoms. The molecule has 0 radical (unpaired) electrons. The summed E-state index contributed by atoms with van der Waals surface area (Å²) in [7, 11) is 0. The standard InChI is InChI=1S/C14H10N2O4.C14H12N2O2/c15-9-5-10-12(6-11(9)17)20-13(16-10)7-1-3-8(4-2-7)14(18)19;1-8-2-4-9(5-3-8)14-16-11-6-10(15)12(17)7-13(11)18-14/h1-6,17H,15H2,(H,18,19);2-7,17H,15H2,1H3/p+1. The number of carbonyl (C=O) groups is 1. The summed E-state index contributed by atoms with van der Waals surface area (Å²) in [5.41, 5.74) is 17.0. The highest BCUT2D eigenvalue weighted by molar-refractivity contribution is 5.88. The minimum atomic E-state index is -0.994. The van der Waals surface area contributed by atoms with Gasteiger partial charge in [0.1, 0.15) is 17.0 Å². The van der Waals surface area contributed by atoms with Crippen LogP contribution in [-0.4, -0.2) is 26.3 Å². The van der Waals surface area contributed by atoms with Gasteiger partial charge in [0.05, 0.1) is 22.5 Å². The molecular weight excluding hydrogens is 488 g/mol. The van der Waals surface area contributed by atoms with E-state index in [1.165, 1.54) is 35.9 Å². The van der Waals surface area contributed by atoms with Crippen molar-refractivity contribution in [2.24, 2.45) is 0 Å². The normalized spacial score (nSPS) is 10.9. The zero-order valence-corrected chi connectivity index (χ0v) is 20.1. The minimum Gasteiger partial charge on any atom is -0.506 e. The summed E-state index contributed by atoms with van der Waals surface area (Å²) in [6.07, 6.45) is 0. The number of hydrogen-bond donors (Lipinski definition) is 5. The lowest BCUT2D eigenvalue weighted by Crippen LogP contribution is -2.01. The van der Waals surface area contributed by atoms with E-state index in [1.54, 1.807) is 18.2 Å². The minimum absolute atomic E-state index is 0.0284. The molecule has 0 fully saturated rings. The molecule has 0 aliphatic carbocycles. The van der Waals surface area contributed by atoms with Crippen molar-refractivity contribution in [3.63, 3.8) is 0 Å². The molecule has 6 aromatic rings. The zero-order chi connectivity index (χ0) is 27.0. The number of aromatic nitrogens is 2. The molecule has 10 heteroatoms.